The van der Waals surface area contributed by atoms with Gasteiger partial charge in [0.25, 0.3) is 0 Å². The van der Waals surface area contributed by atoms with Gasteiger partial charge < -0.3 is 10.3 Å². The van der Waals surface area contributed by atoms with Crippen LogP contribution < -0.4 is 5.32 Å². The van der Waals surface area contributed by atoms with Crippen LogP contribution in [0, 0.1) is 5.82 Å². The molecule has 0 bridgehead atoms. The van der Waals surface area contributed by atoms with Gasteiger partial charge in [-0.1, -0.05) is 48.0 Å². The molecule has 0 unspecified atom stereocenters. The molecule has 0 atom stereocenters. The van der Waals surface area contributed by atoms with E-state index in [2.05, 4.69) is 15.4 Å². The minimum absolute atomic E-state index is 0.177. The molecule has 0 saturated heterocycles. The molecule has 2 aromatic carbocycles. The molecule has 0 radical (unpaired) electrons. The van der Waals surface area contributed by atoms with Crippen LogP contribution in [0.5, 0.6) is 0 Å². The summed E-state index contributed by atoms with van der Waals surface area (Å²) in [5.41, 5.74) is 2.63. The molecule has 0 aliphatic rings. The molecule has 4 aromatic rings. The van der Waals surface area contributed by atoms with Crippen molar-refractivity contribution in [1.29, 1.82) is 0 Å². The first kappa shape index (κ1) is 18.3. The van der Waals surface area contributed by atoms with Crippen molar-refractivity contribution in [2.75, 3.05) is 5.32 Å². The summed E-state index contributed by atoms with van der Waals surface area (Å²) in [5, 5.41) is 8.43. The van der Waals surface area contributed by atoms with Gasteiger partial charge in [0.2, 0.25) is 5.91 Å². The second-order valence-electron chi connectivity index (χ2n) is 6.52. The number of amides is 1. The quantitative estimate of drug-likeness (QED) is 0.492. The van der Waals surface area contributed by atoms with Gasteiger partial charge in [-0.15, -0.1) is 0 Å². The number of aromatic nitrogens is 3. The number of aromatic amines is 1. The van der Waals surface area contributed by atoms with Gasteiger partial charge in [-0.25, -0.2) is 4.39 Å². The summed E-state index contributed by atoms with van der Waals surface area (Å²) in [6.07, 6.45) is 4.40. The van der Waals surface area contributed by atoms with Crippen LogP contribution in [0.15, 0.2) is 60.9 Å². The van der Waals surface area contributed by atoms with E-state index >= 15 is 0 Å². The van der Waals surface area contributed by atoms with Crippen molar-refractivity contribution in [2.24, 2.45) is 0 Å². The highest BCUT2D eigenvalue weighted by Crippen LogP contribution is 2.22. The van der Waals surface area contributed by atoms with Crippen LogP contribution in [0.25, 0.3) is 10.9 Å². The summed E-state index contributed by atoms with van der Waals surface area (Å²) in [6, 6.07) is 14.4. The number of para-hydroxylation sites is 1. The van der Waals surface area contributed by atoms with Crippen molar-refractivity contribution in [2.45, 2.75) is 19.4 Å². The smallest absolute Gasteiger partial charge is 0.225 e. The van der Waals surface area contributed by atoms with Crippen molar-refractivity contribution in [1.82, 2.24) is 14.8 Å². The summed E-state index contributed by atoms with van der Waals surface area (Å²) in [6.45, 7) is 0.234. The topological polar surface area (TPSA) is 62.7 Å². The van der Waals surface area contributed by atoms with E-state index in [1.165, 1.54) is 10.7 Å². The van der Waals surface area contributed by atoms with Gasteiger partial charge in [0, 0.05) is 35.3 Å². The first-order chi connectivity index (χ1) is 13.6. The standard InChI is InChI=1S/C21H18ClFN4O/c22-17-13-27(12-15-5-1-3-7-18(15)23)26-21(17)25-20(28)10-9-14-11-24-19-8-4-2-6-16(14)19/h1-8,11,13,24H,9-10,12H2,(H,25,26,28). The molecular formula is C21H18ClFN4O. The molecule has 2 heterocycles. The second kappa shape index (κ2) is 7.86. The predicted octanol–water partition coefficient (Wildman–Crippen LogP) is 4.78. The molecule has 142 valence electrons. The lowest BCUT2D eigenvalue weighted by Gasteiger charge is -2.04. The van der Waals surface area contributed by atoms with Crippen molar-refractivity contribution in [3.05, 3.63) is 82.9 Å². The number of halogens is 2. The van der Waals surface area contributed by atoms with Crippen LogP contribution >= 0.6 is 11.6 Å². The number of nitrogens with one attached hydrogen (secondary N) is 2. The van der Waals surface area contributed by atoms with Crippen molar-refractivity contribution >= 4 is 34.2 Å². The van der Waals surface area contributed by atoms with E-state index < -0.39 is 0 Å². The van der Waals surface area contributed by atoms with Crippen LogP contribution in [0.2, 0.25) is 5.02 Å². The molecule has 0 aliphatic carbocycles. The average molecular weight is 397 g/mol. The number of benzene rings is 2. The van der Waals surface area contributed by atoms with Gasteiger partial charge >= 0.3 is 0 Å². The first-order valence-electron chi connectivity index (χ1n) is 8.91. The summed E-state index contributed by atoms with van der Waals surface area (Å²) < 4.78 is 15.3. The van der Waals surface area contributed by atoms with Gasteiger partial charge in [-0.3, -0.25) is 9.48 Å². The molecule has 0 fully saturated rings. The third-order valence-electron chi connectivity index (χ3n) is 4.56. The van der Waals surface area contributed by atoms with E-state index in [9.17, 15) is 9.18 Å². The minimum atomic E-state index is -0.307. The number of carbonyl (C=O) groups excluding carboxylic acids is 1. The molecule has 2 aromatic heterocycles. The highest BCUT2D eigenvalue weighted by Gasteiger charge is 2.13. The number of rotatable bonds is 6. The number of aryl methyl sites for hydroxylation is 1. The van der Waals surface area contributed by atoms with Crippen molar-refractivity contribution in [3.63, 3.8) is 0 Å². The fraction of sp³-hybridized carbons (Fsp3) is 0.143. The molecule has 28 heavy (non-hydrogen) atoms. The van der Waals surface area contributed by atoms with Crippen LogP contribution in [-0.4, -0.2) is 20.7 Å². The van der Waals surface area contributed by atoms with Crippen LogP contribution in [-0.2, 0) is 17.8 Å². The fourth-order valence-corrected chi connectivity index (χ4v) is 3.34. The number of hydrogen-bond acceptors (Lipinski definition) is 2. The predicted molar refractivity (Wildman–Crippen MR) is 108 cm³/mol. The Bertz CT molecular complexity index is 1130. The average Bonchev–Trinajstić information content (AvgIpc) is 3.25. The highest BCUT2D eigenvalue weighted by atomic mass is 35.5. The van der Waals surface area contributed by atoms with E-state index in [0.717, 1.165) is 16.5 Å². The fourth-order valence-electron chi connectivity index (χ4n) is 3.15. The Balaban J connectivity index is 1.39. The molecule has 0 spiro atoms. The Morgan fingerprint density at radius 2 is 1.93 bits per heavy atom. The van der Waals surface area contributed by atoms with Gasteiger partial charge in [0.15, 0.2) is 5.82 Å². The zero-order valence-corrected chi connectivity index (χ0v) is 15.7. The molecular weight excluding hydrogens is 379 g/mol. The molecule has 0 aliphatic heterocycles. The monoisotopic (exact) mass is 396 g/mol. The Morgan fingerprint density at radius 3 is 2.79 bits per heavy atom. The van der Waals surface area contributed by atoms with Crippen LogP contribution in [0.1, 0.15) is 17.5 Å². The SMILES string of the molecule is O=C(CCc1c[nH]c2ccccc12)Nc1nn(Cc2ccccc2F)cc1Cl. The number of hydrogen-bond donors (Lipinski definition) is 2. The maximum Gasteiger partial charge on any atom is 0.225 e. The Morgan fingerprint density at radius 1 is 1.14 bits per heavy atom. The van der Waals surface area contributed by atoms with E-state index in [4.69, 9.17) is 11.6 Å². The van der Waals surface area contributed by atoms with Crippen molar-refractivity contribution < 1.29 is 9.18 Å². The van der Waals surface area contributed by atoms with E-state index in [-0.39, 0.29) is 24.1 Å². The van der Waals surface area contributed by atoms with Crippen LogP contribution in [0.3, 0.4) is 0 Å². The number of H-pyrrole nitrogens is 1. The van der Waals surface area contributed by atoms with Crippen molar-refractivity contribution in [3.8, 4) is 0 Å². The summed E-state index contributed by atoms with van der Waals surface area (Å²) in [4.78, 5) is 15.5. The third-order valence-corrected chi connectivity index (χ3v) is 4.84. The zero-order chi connectivity index (χ0) is 19.5. The molecule has 7 heteroatoms. The largest absolute Gasteiger partial charge is 0.361 e. The molecule has 1 amide bonds. The Labute approximate surface area is 166 Å². The zero-order valence-electron chi connectivity index (χ0n) is 15.0. The lowest BCUT2D eigenvalue weighted by atomic mass is 10.1. The maximum absolute atomic E-state index is 13.8. The summed E-state index contributed by atoms with van der Waals surface area (Å²) in [7, 11) is 0. The summed E-state index contributed by atoms with van der Waals surface area (Å²) in [5.74, 6) is -0.205. The lowest BCUT2D eigenvalue weighted by molar-refractivity contribution is -0.116. The molecule has 5 nitrogen and oxygen atoms in total. The first-order valence-corrected chi connectivity index (χ1v) is 9.29. The van der Waals surface area contributed by atoms with Gasteiger partial charge in [-0.05, 0) is 24.1 Å². The number of fused-ring (bicyclic) bond motifs is 1. The van der Waals surface area contributed by atoms with Gasteiger partial charge in [0.05, 0.1) is 6.54 Å². The Hall–Kier alpha value is -3.12. The van der Waals surface area contributed by atoms with Gasteiger partial charge in [-0.2, -0.15) is 5.10 Å². The molecule has 0 saturated carbocycles. The lowest BCUT2D eigenvalue weighted by Crippen LogP contribution is -2.13. The maximum atomic E-state index is 13.8. The van der Waals surface area contributed by atoms with E-state index in [1.807, 2.05) is 30.5 Å². The highest BCUT2D eigenvalue weighted by molar-refractivity contribution is 6.33. The second-order valence-corrected chi connectivity index (χ2v) is 6.93. The Kier molecular flexibility index (Phi) is 5.12. The minimum Gasteiger partial charge on any atom is -0.361 e. The van der Waals surface area contributed by atoms with E-state index in [0.29, 0.717) is 23.4 Å². The normalized spacial score (nSPS) is 11.1. The van der Waals surface area contributed by atoms with Gasteiger partial charge in [0.1, 0.15) is 10.8 Å². The number of carbonyl (C=O) groups is 1. The molecule has 2 N–H and O–H groups in total. The molecule has 4 rings (SSSR count). The number of nitrogens with zero attached hydrogens (tertiary/aromatic N) is 2. The number of anilines is 1. The van der Waals surface area contributed by atoms with Crippen LogP contribution in [0.4, 0.5) is 10.2 Å². The van der Waals surface area contributed by atoms with E-state index in [1.54, 1.807) is 24.4 Å². The summed E-state index contributed by atoms with van der Waals surface area (Å²) >= 11 is 6.18. The third kappa shape index (κ3) is 3.92.